The lowest BCUT2D eigenvalue weighted by Gasteiger charge is -2.33. The fourth-order valence-electron chi connectivity index (χ4n) is 4.71. The maximum Gasteiger partial charge on any atom is 0.254 e. The molecule has 0 radical (unpaired) electrons. The van der Waals surface area contributed by atoms with Crippen LogP contribution in [0.3, 0.4) is 0 Å². The zero-order chi connectivity index (χ0) is 20.4. The van der Waals surface area contributed by atoms with Crippen molar-refractivity contribution in [3.05, 3.63) is 65.0 Å². The van der Waals surface area contributed by atoms with Gasteiger partial charge in [-0.15, -0.1) is 0 Å². The molecule has 0 saturated heterocycles. The number of nitrogens with zero attached hydrogens (tertiary/aromatic N) is 1. The molecule has 1 fully saturated rings. The van der Waals surface area contributed by atoms with Gasteiger partial charge in [0.05, 0.1) is 0 Å². The number of benzene rings is 2. The maximum atomic E-state index is 14.5. The molecule has 1 saturated carbocycles. The topological polar surface area (TPSA) is 29.5 Å². The van der Waals surface area contributed by atoms with Crippen LogP contribution in [0.25, 0.3) is 0 Å². The molecule has 4 rings (SSSR count). The molecule has 154 valence electrons. The fraction of sp³-hybridized carbons (Fsp3) is 0.480. The van der Waals surface area contributed by atoms with E-state index >= 15 is 0 Å². The van der Waals surface area contributed by atoms with Gasteiger partial charge in [0.2, 0.25) is 0 Å². The van der Waals surface area contributed by atoms with E-state index in [1.165, 1.54) is 31.7 Å². The van der Waals surface area contributed by atoms with Crippen LogP contribution in [-0.4, -0.2) is 17.4 Å². The van der Waals surface area contributed by atoms with Crippen molar-refractivity contribution in [1.82, 2.24) is 4.90 Å². The van der Waals surface area contributed by atoms with E-state index in [0.717, 1.165) is 29.5 Å². The fourth-order valence-corrected chi connectivity index (χ4v) is 4.71. The van der Waals surface area contributed by atoms with Gasteiger partial charge in [-0.25, -0.2) is 4.39 Å². The van der Waals surface area contributed by atoms with E-state index in [2.05, 4.69) is 13.8 Å². The Balaban J connectivity index is 1.39. The Morgan fingerprint density at radius 2 is 1.83 bits per heavy atom. The van der Waals surface area contributed by atoms with Gasteiger partial charge in [-0.05, 0) is 66.7 Å². The van der Waals surface area contributed by atoms with E-state index in [1.807, 2.05) is 35.2 Å². The predicted molar refractivity (Wildman–Crippen MR) is 112 cm³/mol. The molecule has 1 aliphatic carbocycles. The van der Waals surface area contributed by atoms with Crippen molar-refractivity contribution in [2.45, 2.75) is 52.7 Å². The lowest BCUT2D eigenvalue weighted by atomic mass is 9.77. The molecule has 0 spiro atoms. The van der Waals surface area contributed by atoms with Crippen molar-refractivity contribution in [3.8, 4) is 5.75 Å². The first kappa shape index (κ1) is 19.9. The first-order valence-electron chi connectivity index (χ1n) is 10.8. The van der Waals surface area contributed by atoms with Gasteiger partial charge in [0.1, 0.15) is 6.61 Å². The number of carbonyl (C=O) groups is 1. The molecule has 1 amide bonds. The van der Waals surface area contributed by atoms with Gasteiger partial charge in [0, 0.05) is 18.7 Å². The SMILES string of the molecule is CC(C)C1CCC(CN2Cc3cc(F)c(OCc4ccccc4)cc3C2=O)CC1. The maximum absolute atomic E-state index is 14.5. The molecule has 1 aliphatic heterocycles. The first-order valence-corrected chi connectivity index (χ1v) is 10.8. The summed E-state index contributed by atoms with van der Waals surface area (Å²) in [5.74, 6) is 1.88. The van der Waals surface area contributed by atoms with Crippen LogP contribution >= 0.6 is 0 Å². The summed E-state index contributed by atoms with van der Waals surface area (Å²) in [7, 11) is 0. The second kappa shape index (κ2) is 8.56. The standard InChI is InChI=1S/C25H30FNO2/c1-17(2)20-10-8-18(9-11-20)14-27-15-21-12-23(26)24(13-22(21)25(27)28)29-16-19-6-4-3-5-7-19/h3-7,12-13,17-18,20H,8-11,14-16H2,1-2H3. The number of carbonyl (C=O) groups excluding carboxylic acids is 1. The Kier molecular flexibility index (Phi) is 5.89. The van der Waals surface area contributed by atoms with Crippen LogP contribution in [-0.2, 0) is 13.2 Å². The van der Waals surface area contributed by atoms with Crippen LogP contribution in [0.5, 0.6) is 5.75 Å². The van der Waals surface area contributed by atoms with E-state index in [9.17, 15) is 9.18 Å². The Labute approximate surface area is 172 Å². The number of fused-ring (bicyclic) bond motifs is 1. The van der Waals surface area contributed by atoms with Crippen molar-refractivity contribution >= 4 is 5.91 Å². The Morgan fingerprint density at radius 3 is 2.52 bits per heavy atom. The normalized spacial score (nSPS) is 21.5. The molecule has 0 aromatic heterocycles. The van der Waals surface area contributed by atoms with Crippen molar-refractivity contribution < 1.29 is 13.9 Å². The van der Waals surface area contributed by atoms with Crippen molar-refractivity contribution in [2.75, 3.05) is 6.54 Å². The zero-order valence-corrected chi connectivity index (χ0v) is 17.4. The van der Waals surface area contributed by atoms with Crippen molar-refractivity contribution in [2.24, 2.45) is 17.8 Å². The van der Waals surface area contributed by atoms with Crippen molar-refractivity contribution in [1.29, 1.82) is 0 Å². The van der Waals surface area contributed by atoms with E-state index in [0.29, 0.717) is 18.0 Å². The van der Waals surface area contributed by atoms with Gasteiger partial charge >= 0.3 is 0 Å². The van der Waals surface area contributed by atoms with E-state index in [4.69, 9.17) is 4.74 Å². The third-order valence-corrected chi connectivity index (χ3v) is 6.59. The number of hydrogen-bond donors (Lipinski definition) is 0. The smallest absolute Gasteiger partial charge is 0.254 e. The predicted octanol–water partition coefficient (Wildman–Crippen LogP) is 5.82. The van der Waals surface area contributed by atoms with Crippen LogP contribution in [0.2, 0.25) is 0 Å². The summed E-state index contributed by atoms with van der Waals surface area (Å²) < 4.78 is 20.2. The van der Waals surface area contributed by atoms with Crippen LogP contribution in [0, 0.1) is 23.6 Å². The van der Waals surface area contributed by atoms with Crippen LogP contribution in [0.1, 0.15) is 61.0 Å². The van der Waals surface area contributed by atoms with Crippen molar-refractivity contribution in [3.63, 3.8) is 0 Å². The number of rotatable bonds is 6. The molecular formula is C25H30FNO2. The molecular weight excluding hydrogens is 365 g/mol. The average molecular weight is 396 g/mol. The molecule has 0 atom stereocenters. The quantitative estimate of drug-likeness (QED) is 0.616. The Bertz CT molecular complexity index is 857. The molecule has 0 bridgehead atoms. The summed E-state index contributed by atoms with van der Waals surface area (Å²) in [4.78, 5) is 14.8. The summed E-state index contributed by atoms with van der Waals surface area (Å²) >= 11 is 0. The van der Waals surface area contributed by atoms with Gasteiger partial charge in [-0.2, -0.15) is 0 Å². The van der Waals surface area contributed by atoms with Crippen LogP contribution in [0.4, 0.5) is 4.39 Å². The monoisotopic (exact) mass is 395 g/mol. The second-order valence-corrected chi connectivity index (χ2v) is 8.92. The highest BCUT2D eigenvalue weighted by Gasteiger charge is 2.32. The minimum absolute atomic E-state index is 0.00976. The molecule has 2 aromatic carbocycles. The second-order valence-electron chi connectivity index (χ2n) is 8.92. The number of ether oxygens (including phenoxy) is 1. The molecule has 3 nitrogen and oxygen atoms in total. The van der Waals surface area contributed by atoms with E-state index in [-0.39, 0.29) is 18.3 Å². The lowest BCUT2D eigenvalue weighted by molar-refractivity contribution is 0.0723. The third kappa shape index (κ3) is 4.47. The summed E-state index contributed by atoms with van der Waals surface area (Å²) in [5, 5.41) is 0. The van der Waals surface area contributed by atoms with Gasteiger partial charge in [-0.1, -0.05) is 44.2 Å². The minimum atomic E-state index is -0.397. The Morgan fingerprint density at radius 1 is 1.10 bits per heavy atom. The number of hydrogen-bond acceptors (Lipinski definition) is 2. The van der Waals surface area contributed by atoms with E-state index in [1.54, 1.807) is 6.07 Å². The molecule has 2 aliphatic rings. The number of amides is 1. The average Bonchev–Trinajstić information content (AvgIpc) is 3.01. The highest BCUT2D eigenvalue weighted by Crippen LogP contribution is 2.36. The first-order chi connectivity index (χ1) is 14.0. The van der Waals surface area contributed by atoms with Gasteiger partial charge in [0.15, 0.2) is 11.6 Å². The van der Waals surface area contributed by atoms with Crippen LogP contribution < -0.4 is 4.74 Å². The molecule has 4 heteroatoms. The molecule has 0 unspecified atom stereocenters. The Hall–Kier alpha value is -2.36. The van der Waals surface area contributed by atoms with Gasteiger partial charge in [0.25, 0.3) is 5.91 Å². The number of halogens is 1. The molecule has 2 aromatic rings. The minimum Gasteiger partial charge on any atom is -0.486 e. The largest absolute Gasteiger partial charge is 0.486 e. The highest BCUT2D eigenvalue weighted by atomic mass is 19.1. The van der Waals surface area contributed by atoms with E-state index < -0.39 is 5.82 Å². The molecule has 1 heterocycles. The van der Waals surface area contributed by atoms with Gasteiger partial charge < -0.3 is 9.64 Å². The summed E-state index contributed by atoms with van der Waals surface area (Å²) in [6, 6.07) is 12.7. The molecule has 0 N–H and O–H groups in total. The summed E-state index contributed by atoms with van der Waals surface area (Å²) in [6.07, 6.45) is 4.87. The van der Waals surface area contributed by atoms with Gasteiger partial charge in [-0.3, -0.25) is 4.79 Å². The highest BCUT2D eigenvalue weighted by molar-refractivity contribution is 5.98. The third-order valence-electron chi connectivity index (χ3n) is 6.59. The van der Waals surface area contributed by atoms with Crippen LogP contribution in [0.15, 0.2) is 42.5 Å². The summed E-state index contributed by atoms with van der Waals surface area (Å²) in [6.45, 7) is 6.18. The lowest BCUT2D eigenvalue weighted by Crippen LogP contribution is -2.32. The molecule has 29 heavy (non-hydrogen) atoms. The zero-order valence-electron chi connectivity index (χ0n) is 17.4. The summed E-state index contributed by atoms with van der Waals surface area (Å²) in [5.41, 5.74) is 2.33.